The number of Topliss-reactive ketones (excluding diaryl/α,β-unsaturated/α-hetero) is 1. The average Bonchev–Trinajstić information content (AvgIpc) is 2.68. The fourth-order valence-electron chi connectivity index (χ4n) is 2.42. The monoisotopic (exact) mass is 276 g/mol. The lowest BCUT2D eigenvalue weighted by Crippen LogP contribution is -2.06. The smallest absolute Gasteiger partial charge is 0.170 e. The topological polar surface area (TPSA) is 17.1 Å². The lowest BCUT2D eigenvalue weighted by molar-refractivity contribution is 0.0973. The van der Waals surface area contributed by atoms with Gasteiger partial charge in [0.1, 0.15) is 0 Å². The van der Waals surface area contributed by atoms with Gasteiger partial charge in [0.15, 0.2) is 5.78 Å². The van der Waals surface area contributed by atoms with E-state index in [9.17, 15) is 4.79 Å². The number of hydrogen-bond donors (Lipinski definition) is 0. The zero-order chi connectivity index (χ0) is 12.7. The number of rotatable bonds is 1. The summed E-state index contributed by atoms with van der Waals surface area (Å²) in [6, 6.07) is 13.0. The molecular formula is C15H10Cl2O. The van der Waals surface area contributed by atoms with E-state index in [4.69, 9.17) is 23.2 Å². The number of halogens is 2. The second kappa shape index (κ2) is 4.42. The number of hydrogen-bond acceptors (Lipinski definition) is 1. The summed E-state index contributed by atoms with van der Waals surface area (Å²) in [6.45, 7) is 0. The molecule has 1 aliphatic carbocycles. The van der Waals surface area contributed by atoms with E-state index < -0.39 is 0 Å². The van der Waals surface area contributed by atoms with Gasteiger partial charge >= 0.3 is 0 Å². The second-order valence-corrected chi connectivity index (χ2v) is 5.35. The zero-order valence-corrected chi connectivity index (χ0v) is 11.0. The van der Waals surface area contributed by atoms with Gasteiger partial charge in [0.25, 0.3) is 0 Å². The van der Waals surface area contributed by atoms with Crippen LogP contribution >= 0.6 is 23.2 Å². The molecule has 0 aromatic heterocycles. The van der Waals surface area contributed by atoms with Gasteiger partial charge < -0.3 is 0 Å². The molecule has 2 aromatic rings. The first kappa shape index (κ1) is 11.8. The molecule has 0 spiro atoms. The van der Waals surface area contributed by atoms with E-state index in [1.165, 1.54) is 0 Å². The van der Waals surface area contributed by atoms with Gasteiger partial charge in [0.05, 0.1) is 5.92 Å². The van der Waals surface area contributed by atoms with Crippen molar-refractivity contribution in [3.05, 3.63) is 69.2 Å². The number of carbonyl (C=O) groups excluding carboxylic acids is 1. The van der Waals surface area contributed by atoms with Crippen LogP contribution in [-0.2, 0) is 6.42 Å². The van der Waals surface area contributed by atoms with Crippen LogP contribution in [0.15, 0.2) is 42.5 Å². The van der Waals surface area contributed by atoms with Gasteiger partial charge in [-0.2, -0.15) is 0 Å². The molecule has 1 aliphatic rings. The summed E-state index contributed by atoms with van der Waals surface area (Å²) < 4.78 is 0. The van der Waals surface area contributed by atoms with Crippen LogP contribution in [-0.4, -0.2) is 5.78 Å². The van der Waals surface area contributed by atoms with Crippen LogP contribution in [0.5, 0.6) is 0 Å². The van der Waals surface area contributed by atoms with E-state index in [1.54, 1.807) is 6.07 Å². The molecule has 0 bridgehead atoms. The molecule has 0 aliphatic heterocycles. The van der Waals surface area contributed by atoms with Crippen molar-refractivity contribution < 1.29 is 4.79 Å². The van der Waals surface area contributed by atoms with Crippen molar-refractivity contribution >= 4 is 29.0 Å². The van der Waals surface area contributed by atoms with Gasteiger partial charge in [-0.05, 0) is 41.8 Å². The summed E-state index contributed by atoms with van der Waals surface area (Å²) in [6.07, 6.45) is 0.743. The van der Waals surface area contributed by atoms with Crippen molar-refractivity contribution in [3.63, 3.8) is 0 Å². The third-order valence-electron chi connectivity index (χ3n) is 3.35. The predicted octanol–water partition coefficient (Wildman–Crippen LogP) is 4.52. The molecule has 0 saturated heterocycles. The summed E-state index contributed by atoms with van der Waals surface area (Å²) in [7, 11) is 0. The Morgan fingerprint density at radius 2 is 1.61 bits per heavy atom. The molecule has 0 unspecified atom stereocenters. The Morgan fingerprint density at radius 1 is 0.944 bits per heavy atom. The van der Waals surface area contributed by atoms with Crippen molar-refractivity contribution in [2.75, 3.05) is 0 Å². The maximum atomic E-state index is 12.3. The average molecular weight is 277 g/mol. The first-order valence-corrected chi connectivity index (χ1v) is 6.49. The zero-order valence-electron chi connectivity index (χ0n) is 9.49. The molecule has 3 heteroatoms. The van der Waals surface area contributed by atoms with Crippen LogP contribution in [0.2, 0.25) is 10.0 Å². The summed E-state index contributed by atoms with van der Waals surface area (Å²) in [5, 5.41) is 1.30. The molecule has 0 fully saturated rings. The number of fused-ring (bicyclic) bond motifs is 1. The van der Waals surface area contributed by atoms with Gasteiger partial charge in [-0.25, -0.2) is 0 Å². The standard InChI is InChI=1S/C15H10Cl2O/c16-11-4-1-9(2-5-11)13-7-10-3-6-12(17)8-14(10)15(13)18/h1-6,8,13H,7H2/t13-/m1/s1. The Bertz CT molecular complexity index is 617. The van der Waals surface area contributed by atoms with Crippen LogP contribution in [0.3, 0.4) is 0 Å². The van der Waals surface area contributed by atoms with Gasteiger partial charge in [0, 0.05) is 15.6 Å². The van der Waals surface area contributed by atoms with Crippen molar-refractivity contribution in [1.29, 1.82) is 0 Å². The largest absolute Gasteiger partial charge is 0.293 e. The van der Waals surface area contributed by atoms with Gasteiger partial charge in [0.2, 0.25) is 0 Å². The van der Waals surface area contributed by atoms with Gasteiger partial charge in [-0.15, -0.1) is 0 Å². The van der Waals surface area contributed by atoms with Crippen LogP contribution in [0.4, 0.5) is 0 Å². The molecule has 0 saturated carbocycles. The van der Waals surface area contributed by atoms with E-state index in [0.717, 1.165) is 23.1 Å². The first-order valence-electron chi connectivity index (χ1n) is 5.73. The lowest BCUT2D eigenvalue weighted by atomic mass is 9.95. The summed E-state index contributed by atoms with van der Waals surface area (Å²) in [5.74, 6) is 0.0468. The summed E-state index contributed by atoms with van der Waals surface area (Å²) in [4.78, 5) is 12.3. The molecule has 0 N–H and O–H groups in total. The van der Waals surface area contributed by atoms with E-state index >= 15 is 0 Å². The Labute approximate surface area is 115 Å². The van der Waals surface area contributed by atoms with Crippen molar-refractivity contribution in [2.45, 2.75) is 12.3 Å². The summed E-state index contributed by atoms with van der Waals surface area (Å²) in [5.41, 5.74) is 2.84. The third-order valence-corrected chi connectivity index (χ3v) is 3.84. The van der Waals surface area contributed by atoms with Crippen LogP contribution in [0.1, 0.15) is 27.4 Å². The highest BCUT2D eigenvalue weighted by Crippen LogP contribution is 2.35. The molecule has 18 heavy (non-hydrogen) atoms. The van der Waals surface area contributed by atoms with Crippen molar-refractivity contribution in [3.8, 4) is 0 Å². The maximum Gasteiger partial charge on any atom is 0.170 e. The number of benzene rings is 2. The Morgan fingerprint density at radius 3 is 2.33 bits per heavy atom. The number of carbonyl (C=O) groups is 1. The van der Waals surface area contributed by atoms with Gasteiger partial charge in [-0.3, -0.25) is 4.79 Å². The fourth-order valence-corrected chi connectivity index (χ4v) is 2.72. The normalized spacial score (nSPS) is 17.9. The van der Waals surface area contributed by atoms with E-state index in [1.807, 2.05) is 36.4 Å². The molecule has 0 radical (unpaired) electrons. The Kier molecular flexibility index (Phi) is 2.89. The highest BCUT2D eigenvalue weighted by molar-refractivity contribution is 6.31. The van der Waals surface area contributed by atoms with E-state index in [2.05, 4.69) is 0 Å². The maximum absolute atomic E-state index is 12.3. The Hall–Kier alpha value is -1.31. The van der Waals surface area contributed by atoms with Crippen molar-refractivity contribution in [1.82, 2.24) is 0 Å². The fraction of sp³-hybridized carbons (Fsp3) is 0.133. The highest BCUT2D eigenvalue weighted by Gasteiger charge is 2.31. The van der Waals surface area contributed by atoms with Crippen LogP contribution in [0, 0.1) is 0 Å². The summed E-state index contributed by atoms with van der Waals surface area (Å²) >= 11 is 11.8. The molecule has 90 valence electrons. The minimum Gasteiger partial charge on any atom is -0.293 e. The molecule has 1 nitrogen and oxygen atoms in total. The van der Waals surface area contributed by atoms with Crippen LogP contribution < -0.4 is 0 Å². The number of ketones is 1. The highest BCUT2D eigenvalue weighted by atomic mass is 35.5. The van der Waals surface area contributed by atoms with E-state index in [0.29, 0.717) is 10.0 Å². The molecule has 2 aromatic carbocycles. The second-order valence-electron chi connectivity index (χ2n) is 4.47. The minimum atomic E-state index is -0.101. The molecule has 0 heterocycles. The first-order chi connectivity index (χ1) is 8.65. The van der Waals surface area contributed by atoms with Gasteiger partial charge in [-0.1, -0.05) is 41.4 Å². The predicted molar refractivity (Wildman–Crippen MR) is 73.7 cm³/mol. The lowest BCUT2D eigenvalue weighted by Gasteiger charge is -2.07. The molecule has 0 amide bonds. The van der Waals surface area contributed by atoms with Crippen molar-refractivity contribution in [2.24, 2.45) is 0 Å². The third kappa shape index (κ3) is 1.94. The van der Waals surface area contributed by atoms with Crippen LogP contribution in [0.25, 0.3) is 0 Å². The molecule has 3 rings (SSSR count). The molecular weight excluding hydrogens is 267 g/mol. The quantitative estimate of drug-likeness (QED) is 0.749. The SMILES string of the molecule is O=C1c2cc(Cl)ccc2C[C@@H]1c1ccc(Cl)cc1. The minimum absolute atomic E-state index is 0.101. The molecule has 1 atom stereocenters. The Balaban J connectivity index is 1.99. The van der Waals surface area contributed by atoms with E-state index in [-0.39, 0.29) is 11.7 Å².